The Balaban J connectivity index is 2.18. The molecule has 0 amide bonds. The second kappa shape index (κ2) is 29.7. The number of aromatic nitrogens is 2. The maximum absolute atomic E-state index is 2.62. The summed E-state index contributed by atoms with van der Waals surface area (Å²) in [6, 6.07) is 0. The highest BCUT2D eigenvalue weighted by Crippen LogP contribution is 2.15. The molecule has 0 saturated carbocycles. The Bertz CT molecular complexity index is 619. The molecule has 0 bridgehead atoms. The van der Waals surface area contributed by atoms with Gasteiger partial charge in [0.2, 0.25) is 0 Å². The number of unbranched alkanes of at least 4 members (excludes halogenated alkanes) is 26. The molecule has 0 atom stereocenters. The van der Waals surface area contributed by atoms with Crippen molar-refractivity contribution in [3.8, 4) is 0 Å². The molecule has 0 aliphatic carbocycles. The minimum atomic E-state index is 1.22. The van der Waals surface area contributed by atoms with Crippen LogP contribution in [0.5, 0.6) is 0 Å². The van der Waals surface area contributed by atoms with Gasteiger partial charge in [0.25, 0.3) is 5.82 Å². The summed E-state index contributed by atoms with van der Waals surface area (Å²) >= 11 is 0. The molecule has 0 N–H and O–H groups in total. The quantitative estimate of drug-likeness (QED) is 0.0613. The molecule has 0 radical (unpaired) electrons. The van der Waals surface area contributed by atoms with Gasteiger partial charge >= 0.3 is 0 Å². The predicted octanol–water partition coefficient (Wildman–Crippen LogP) is 12.7. The summed E-state index contributed by atoms with van der Waals surface area (Å²) in [6.45, 7) is 9.39. The van der Waals surface area contributed by atoms with Gasteiger partial charge in [0, 0.05) is 6.42 Å². The molecule has 1 rings (SSSR count). The molecule has 0 spiro atoms. The van der Waals surface area contributed by atoms with Crippen molar-refractivity contribution in [3.05, 3.63) is 18.2 Å². The standard InChI is InChI=1S/C38H75N2/c1-4-7-10-13-15-17-19-20-21-22-23-25-27-29-32-35-40-37-36-39(34-31-12-9-6-3)38(40)33-30-28-26-24-18-16-14-11-8-5-2/h36-37H,4-35H2,1-3H3/q+1. The van der Waals surface area contributed by atoms with Crippen LogP contribution in [0.25, 0.3) is 0 Å². The van der Waals surface area contributed by atoms with E-state index in [-0.39, 0.29) is 0 Å². The molecular formula is C38H75N2+. The van der Waals surface area contributed by atoms with Crippen molar-refractivity contribution >= 4 is 0 Å². The van der Waals surface area contributed by atoms with E-state index >= 15 is 0 Å². The van der Waals surface area contributed by atoms with Crippen LogP contribution >= 0.6 is 0 Å². The van der Waals surface area contributed by atoms with Gasteiger partial charge in [-0.05, 0) is 32.1 Å². The fourth-order valence-corrected chi connectivity index (χ4v) is 6.33. The van der Waals surface area contributed by atoms with Crippen LogP contribution in [0.15, 0.2) is 12.4 Å². The zero-order chi connectivity index (χ0) is 28.8. The summed E-state index contributed by atoms with van der Waals surface area (Å²) in [7, 11) is 0. The lowest BCUT2D eigenvalue weighted by molar-refractivity contribution is -0.704. The Hall–Kier alpha value is -0.790. The van der Waals surface area contributed by atoms with Crippen LogP contribution in [-0.4, -0.2) is 4.57 Å². The number of imidazole rings is 1. The van der Waals surface area contributed by atoms with E-state index in [1.54, 1.807) is 5.82 Å². The zero-order valence-corrected chi connectivity index (χ0v) is 28.2. The van der Waals surface area contributed by atoms with Gasteiger partial charge in [0.15, 0.2) is 0 Å². The van der Waals surface area contributed by atoms with Gasteiger partial charge in [0.1, 0.15) is 12.4 Å². The summed E-state index contributed by atoms with van der Waals surface area (Å²) in [5.74, 6) is 1.61. The van der Waals surface area contributed by atoms with Gasteiger partial charge < -0.3 is 0 Å². The Morgan fingerprint density at radius 1 is 0.425 bits per heavy atom. The van der Waals surface area contributed by atoms with Crippen molar-refractivity contribution in [2.75, 3.05) is 0 Å². The van der Waals surface area contributed by atoms with Crippen molar-refractivity contribution < 1.29 is 4.57 Å². The number of hydrogen-bond acceptors (Lipinski definition) is 0. The van der Waals surface area contributed by atoms with Crippen molar-refractivity contribution in [1.29, 1.82) is 0 Å². The largest absolute Gasteiger partial charge is 0.256 e. The van der Waals surface area contributed by atoms with Crippen LogP contribution in [0.3, 0.4) is 0 Å². The molecule has 1 heterocycles. The van der Waals surface area contributed by atoms with Crippen molar-refractivity contribution in [2.45, 2.75) is 226 Å². The van der Waals surface area contributed by atoms with Crippen molar-refractivity contribution in [3.63, 3.8) is 0 Å². The first kappa shape index (κ1) is 37.2. The molecule has 0 saturated heterocycles. The lowest BCUT2D eigenvalue weighted by Gasteiger charge is -2.07. The monoisotopic (exact) mass is 560 g/mol. The van der Waals surface area contributed by atoms with Crippen LogP contribution in [0, 0.1) is 0 Å². The minimum absolute atomic E-state index is 1.22. The molecule has 0 aliphatic rings. The van der Waals surface area contributed by atoms with E-state index in [9.17, 15) is 0 Å². The first-order valence-electron chi connectivity index (χ1n) is 18.9. The fraction of sp³-hybridized carbons (Fsp3) is 0.921. The van der Waals surface area contributed by atoms with Gasteiger partial charge in [0.05, 0.1) is 13.1 Å². The predicted molar refractivity (Wildman–Crippen MR) is 179 cm³/mol. The zero-order valence-electron chi connectivity index (χ0n) is 28.2. The fourth-order valence-electron chi connectivity index (χ4n) is 6.33. The van der Waals surface area contributed by atoms with Gasteiger partial charge in [-0.2, -0.15) is 0 Å². The average Bonchev–Trinajstić information content (AvgIpc) is 3.35. The molecule has 2 nitrogen and oxygen atoms in total. The summed E-state index contributed by atoms with van der Waals surface area (Å²) in [6.07, 6.45) is 47.4. The first-order valence-corrected chi connectivity index (χ1v) is 18.9. The van der Waals surface area contributed by atoms with Gasteiger partial charge in [-0.15, -0.1) is 0 Å². The summed E-state index contributed by atoms with van der Waals surface area (Å²) < 4.78 is 5.23. The van der Waals surface area contributed by atoms with Gasteiger partial charge in [-0.1, -0.05) is 175 Å². The Morgan fingerprint density at radius 3 is 1.20 bits per heavy atom. The van der Waals surface area contributed by atoms with E-state index in [1.165, 1.54) is 206 Å². The number of nitrogens with zero attached hydrogens (tertiary/aromatic N) is 2. The van der Waals surface area contributed by atoms with Crippen molar-refractivity contribution in [1.82, 2.24) is 4.57 Å². The Labute approximate surface area is 253 Å². The third kappa shape index (κ3) is 21.9. The van der Waals surface area contributed by atoms with Gasteiger partial charge in [-0.25, -0.2) is 9.13 Å². The smallest absolute Gasteiger partial charge is 0.234 e. The van der Waals surface area contributed by atoms with E-state index in [1.807, 2.05) is 0 Å². The van der Waals surface area contributed by atoms with Crippen molar-refractivity contribution in [2.24, 2.45) is 0 Å². The SMILES string of the molecule is CCCCCCCCCCCCCCCCC[n+]1ccn(CCCCCC)c1CCCCCCCCCCCC. The highest BCUT2D eigenvalue weighted by Gasteiger charge is 2.16. The lowest BCUT2D eigenvalue weighted by Crippen LogP contribution is -2.37. The molecule has 1 aromatic rings. The summed E-state index contributed by atoms with van der Waals surface area (Å²) in [5.41, 5.74) is 0. The third-order valence-electron chi connectivity index (χ3n) is 9.10. The van der Waals surface area contributed by atoms with Crippen LogP contribution in [-0.2, 0) is 19.5 Å². The topological polar surface area (TPSA) is 8.81 Å². The third-order valence-corrected chi connectivity index (χ3v) is 9.10. The van der Waals surface area contributed by atoms with Crippen LogP contribution in [0.4, 0.5) is 0 Å². The minimum Gasteiger partial charge on any atom is -0.234 e. The van der Waals surface area contributed by atoms with Gasteiger partial charge in [-0.3, -0.25) is 0 Å². The first-order chi connectivity index (χ1) is 19.8. The van der Waals surface area contributed by atoms with E-state index < -0.39 is 0 Å². The maximum atomic E-state index is 2.62. The molecule has 40 heavy (non-hydrogen) atoms. The second-order valence-electron chi connectivity index (χ2n) is 13.0. The molecular weight excluding hydrogens is 484 g/mol. The van der Waals surface area contributed by atoms with E-state index in [0.29, 0.717) is 0 Å². The average molecular weight is 560 g/mol. The molecule has 0 fully saturated rings. The maximum Gasteiger partial charge on any atom is 0.256 e. The summed E-state index contributed by atoms with van der Waals surface area (Å²) in [4.78, 5) is 0. The van der Waals surface area contributed by atoms with E-state index in [0.717, 1.165) is 0 Å². The van der Waals surface area contributed by atoms with E-state index in [2.05, 4.69) is 42.3 Å². The van der Waals surface area contributed by atoms with Crippen LogP contribution < -0.4 is 4.57 Å². The second-order valence-corrected chi connectivity index (χ2v) is 13.0. The number of rotatable bonds is 32. The highest BCUT2D eigenvalue weighted by atomic mass is 15.1. The molecule has 2 heteroatoms. The Kier molecular flexibility index (Phi) is 27.6. The number of hydrogen-bond donors (Lipinski definition) is 0. The summed E-state index contributed by atoms with van der Waals surface area (Å²) in [5, 5.41) is 0. The lowest BCUT2D eigenvalue weighted by atomic mass is 10.0. The molecule has 1 aromatic heterocycles. The normalized spacial score (nSPS) is 11.6. The Morgan fingerprint density at radius 2 is 0.775 bits per heavy atom. The van der Waals surface area contributed by atoms with Crippen LogP contribution in [0.1, 0.15) is 213 Å². The highest BCUT2D eigenvalue weighted by molar-refractivity contribution is 4.84. The molecule has 0 unspecified atom stereocenters. The number of aryl methyl sites for hydroxylation is 2. The molecule has 0 aromatic carbocycles. The molecule has 0 aliphatic heterocycles. The van der Waals surface area contributed by atoms with Crippen LogP contribution in [0.2, 0.25) is 0 Å². The molecule has 236 valence electrons. The van der Waals surface area contributed by atoms with E-state index in [4.69, 9.17) is 0 Å².